The molecule has 4 aromatic rings. The van der Waals surface area contributed by atoms with Gasteiger partial charge in [-0.1, -0.05) is 18.2 Å². The van der Waals surface area contributed by atoms with Crippen molar-refractivity contribution >= 4 is 11.6 Å². The summed E-state index contributed by atoms with van der Waals surface area (Å²) in [5, 5.41) is 2.92. The number of rotatable bonds is 7. The maximum atomic E-state index is 12.4. The van der Waals surface area contributed by atoms with Gasteiger partial charge >= 0.3 is 0 Å². The van der Waals surface area contributed by atoms with Gasteiger partial charge in [0, 0.05) is 24.5 Å². The molecule has 0 atom stereocenters. The molecule has 2 aromatic carbocycles. The fraction of sp³-hybridized carbons (Fsp3) is 0.167. The zero-order valence-electron chi connectivity index (χ0n) is 17.0. The number of ether oxygens (including phenoxy) is 2. The Balaban J connectivity index is 1.33. The van der Waals surface area contributed by atoms with Gasteiger partial charge in [-0.05, 0) is 60.5 Å². The van der Waals surface area contributed by atoms with Crippen molar-refractivity contribution in [2.45, 2.75) is 20.1 Å². The predicted molar refractivity (Wildman–Crippen MR) is 115 cm³/mol. The SMILES string of the molecule is COc1cccc(CNC(=O)c2ccc(OCc3cn4cccc(C)c4n3)cc2)c1. The maximum Gasteiger partial charge on any atom is 0.251 e. The molecule has 4 rings (SSSR count). The Morgan fingerprint density at radius 3 is 2.67 bits per heavy atom. The van der Waals surface area contributed by atoms with E-state index < -0.39 is 0 Å². The first-order valence-corrected chi connectivity index (χ1v) is 9.69. The third-order valence-electron chi connectivity index (χ3n) is 4.82. The number of aromatic nitrogens is 2. The number of pyridine rings is 1. The Kier molecular flexibility index (Phi) is 5.66. The van der Waals surface area contributed by atoms with E-state index in [-0.39, 0.29) is 5.91 Å². The lowest BCUT2D eigenvalue weighted by molar-refractivity contribution is 0.0951. The molecular formula is C24H23N3O3. The molecule has 30 heavy (non-hydrogen) atoms. The second kappa shape index (κ2) is 8.69. The first kappa shape index (κ1) is 19.5. The van der Waals surface area contributed by atoms with Gasteiger partial charge in [0.1, 0.15) is 23.8 Å². The number of imidazole rings is 1. The Hall–Kier alpha value is -3.80. The fourth-order valence-corrected chi connectivity index (χ4v) is 3.20. The summed E-state index contributed by atoms with van der Waals surface area (Å²) in [6.45, 7) is 2.83. The van der Waals surface area contributed by atoms with Crippen LogP contribution in [0.3, 0.4) is 0 Å². The number of fused-ring (bicyclic) bond motifs is 1. The van der Waals surface area contributed by atoms with E-state index in [9.17, 15) is 4.79 Å². The van der Waals surface area contributed by atoms with E-state index in [0.717, 1.165) is 28.2 Å². The number of carbonyl (C=O) groups is 1. The lowest BCUT2D eigenvalue weighted by atomic mass is 10.2. The number of hydrogen-bond acceptors (Lipinski definition) is 4. The van der Waals surface area contributed by atoms with E-state index in [2.05, 4.69) is 10.3 Å². The average molecular weight is 401 g/mol. The lowest BCUT2D eigenvalue weighted by Crippen LogP contribution is -2.22. The van der Waals surface area contributed by atoms with Crippen LogP contribution < -0.4 is 14.8 Å². The van der Waals surface area contributed by atoms with Crippen LogP contribution in [-0.2, 0) is 13.2 Å². The summed E-state index contributed by atoms with van der Waals surface area (Å²) in [5.41, 5.74) is 4.45. The van der Waals surface area contributed by atoms with Crippen LogP contribution >= 0.6 is 0 Å². The second-order valence-electron chi connectivity index (χ2n) is 7.00. The van der Waals surface area contributed by atoms with Crippen molar-refractivity contribution in [3.05, 3.63) is 95.4 Å². The van der Waals surface area contributed by atoms with Crippen LogP contribution in [0.15, 0.2) is 73.1 Å². The summed E-state index contributed by atoms with van der Waals surface area (Å²) in [6, 6.07) is 18.7. The molecule has 2 aromatic heterocycles. The molecular weight excluding hydrogens is 378 g/mol. The monoisotopic (exact) mass is 401 g/mol. The quantitative estimate of drug-likeness (QED) is 0.505. The fourth-order valence-electron chi connectivity index (χ4n) is 3.20. The molecule has 0 spiro atoms. The molecule has 0 bridgehead atoms. The van der Waals surface area contributed by atoms with E-state index >= 15 is 0 Å². The minimum absolute atomic E-state index is 0.139. The minimum Gasteiger partial charge on any atom is -0.497 e. The molecule has 0 fully saturated rings. The van der Waals surface area contributed by atoms with Crippen LogP contribution in [-0.4, -0.2) is 22.4 Å². The van der Waals surface area contributed by atoms with Gasteiger partial charge in [0.2, 0.25) is 0 Å². The second-order valence-corrected chi connectivity index (χ2v) is 7.00. The molecule has 0 saturated carbocycles. The Morgan fingerprint density at radius 2 is 1.90 bits per heavy atom. The van der Waals surface area contributed by atoms with E-state index in [1.54, 1.807) is 31.4 Å². The number of methoxy groups -OCH3 is 1. The molecule has 152 valence electrons. The molecule has 2 heterocycles. The number of nitrogens with zero attached hydrogens (tertiary/aromatic N) is 2. The Labute approximate surface area is 175 Å². The molecule has 0 radical (unpaired) electrons. The zero-order valence-corrected chi connectivity index (χ0v) is 17.0. The first-order valence-electron chi connectivity index (χ1n) is 9.69. The molecule has 0 unspecified atom stereocenters. The molecule has 1 N–H and O–H groups in total. The normalized spacial score (nSPS) is 10.7. The summed E-state index contributed by atoms with van der Waals surface area (Å²) >= 11 is 0. The van der Waals surface area contributed by atoms with Crippen LogP contribution in [0.1, 0.15) is 27.2 Å². The van der Waals surface area contributed by atoms with Crippen LogP contribution in [0.4, 0.5) is 0 Å². The van der Waals surface area contributed by atoms with Crippen LogP contribution in [0, 0.1) is 6.92 Å². The third-order valence-corrected chi connectivity index (χ3v) is 4.82. The molecule has 1 amide bonds. The zero-order chi connectivity index (χ0) is 20.9. The molecule has 6 heteroatoms. The standard InChI is InChI=1S/C24H23N3O3/c1-17-5-4-12-27-15-20(26-23(17)27)16-30-21-10-8-19(9-11-21)24(28)25-14-18-6-3-7-22(13-18)29-2/h3-13,15H,14,16H2,1-2H3,(H,25,28). The predicted octanol–water partition coefficient (Wildman–Crippen LogP) is 4.16. The van der Waals surface area contributed by atoms with Gasteiger partial charge < -0.3 is 19.2 Å². The topological polar surface area (TPSA) is 64.9 Å². The van der Waals surface area contributed by atoms with E-state index in [1.165, 1.54) is 0 Å². The Morgan fingerprint density at radius 1 is 1.07 bits per heavy atom. The number of carbonyl (C=O) groups excluding carboxylic acids is 1. The van der Waals surface area contributed by atoms with Gasteiger partial charge in [-0.3, -0.25) is 4.79 Å². The number of benzene rings is 2. The van der Waals surface area contributed by atoms with Gasteiger partial charge in [-0.2, -0.15) is 0 Å². The number of amides is 1. The van der Waals surface area contributed by atoms with Crippen LogP contribution in [0.25, 0.3) is 5.65 Å². The van der Waals surface area contributed by atoms with E-state index in [0.29, 0.717) is 24.5 Å². The summed E-state index contributed by atoms with van der Waals surface area (Å²) in [6.07, 6.45) is 3.93. The largest absolute Gasteiger partial charge is 0.497 e. The summed E-state index contributed by atoms with van der Waals surface area (Å²) in [5.74, 6) is 1.32. The molecule has 6 nitrogen and oxygen atoms in total. The highest BCUT2D eigenvalue weighted by Gasteiger charge is 2.08. The van der Waals surface area contributed by atoms with Crippen molar-refractivity contribution in [1.29, 1.82) is 0 Å². The summed E-state index contributed by atoms with van der Waals surface area (Å²) in [4.78, 5) is 17.0. The van der Waals surface area contributed by atoms with Gasteiger partial charge in [0.25, 0.3) is 5.91 Å². The van der Waals surface area contributed by atoms with Crippen molar-refractivity contribution in [3.8, 4) is 11.5 Å². The van der Waals surface area contributed by atoms with E-state index in [4.69, 9.17) is 9.47 Å². The first-order chi connectivity index (χ1) is 14.6. The van der Waals surface area contributed by atoms with Crippen molar-refractivity contribution in [2.24, 2.45) is 0 Å². The maximum absolute atomic E-state index is 12.4. The van der Waals surface area contributed by atoms with E-state index in [1.807, 2.05) is 60.1 Å². The number of aryl methyl sites for hydroxylation is 1. The van der Waals surface area contributed by atoms with Crippen LogP contribution in [0.5, 0.6) is 11.5 Å². The highest BCUT2D eigenvalue weighted by atomic mass is 16.5. The third kappa shape index (κ3) is 4.43. The molecule has 0 aliphatic heterocycles. The lowest BCUT2D eigenvalue weighted by Gasteiger charge is -2.08. The van der Waals surface area contributed by atoms with Gasteiger partial charge in [0.05, 0.1) is 12.8 Å². The minimum atomic E-state index is -0.139. The molecule has 0 aliphatic carbocycles. The molecule has 0 saturated heterocycles. The average Bonchev–Trinajstić information content (AvgIpc) is 3.21. The molecule has 0 aliphatic rings. The summed E-state index contributed by atoms with van der Waals surface area (Å²) in [7, 11) is 1.62. The summed E-state index contributed by atoms with van der Waals surface area (Å²) < 4.78 is 13.0. The smallest absolute Gasteiger partial charge is 0.251 e. The highest BCUT2D eigenvalue weighted by molar-refractivity contribution is 5.94. The van der Waals surface area contributed by atoms with Crippen LogP contribution in [0.2, 0.25) is 0 Å². The van der Waals surface area contributed by atoms with Gasteiger partial charge in [0.15, 0.2) is 0 Å². The van der Waals surface area contributed by atoms with Crippen molar-refractivity contribution < 1.29 is 14.3 Å². The Bertz CT molecular complexity index is 1170. The van der Waals surface area contributed by atoms with Gasteiger partial charge in [-0.15, -0.1) is 0 Å². The van der Waals surface area contributed by atoms with Crippen molar-refractivity contribution in [3.63, 3.8) is 0 Å². The van der Waals surface area contributed by atoms with Crippen molar-refractivity contribution in [1.82, 2.24) is 14.7 Å². The number of nitrogens with one attached hydrogen (secondary N) is 1. The number of hydrogen-bond donors (Lipinski definition) is 1. The highest BCUT2D eigenvalue weighted by Crippen LogP contribution is 2.16. The van der Waals surface area contributed by atoms with Crippen molar-refractivity contribution in [2.75, 3.05) is 7.11 Å². The van der Waals surface area contributed by atoms with Gasteiger partial charge in [-0.25, -0.2) is 4.98 Å².